The Morgan fingerprint density at radius 3 is 2.80 bits per heavy atom. The van der Waals surface area contributed by atoms with Crippen molar-refractivity contribution in [2.75, 3.05) is 6.61 Å². The fourth-order valence-electron chi connectivity index (χ4n) is 0.790. The minimum Gasteiger partial charge on any atom is -0.392 e. The lowest BCUT2D eigenvalue weighted by molar-refractivity contribution is 0.0155. The Hall–Kier alpha value is -1.01. The van der Waals surface area contributed by atoms with E-state index in [-0.39, 0.29) is 12.7 Å². The van der Waals surface area contributed by atoms with Crippen LogP contribution in [0.15, 0.2) is 22.0 Å². The van der Waals surface area contributed by atoms with Crippen molar-refractivity contribution >= 4 is 22.1 Å². The third kappa shape index (κ3) is 4.35. The summed E-state index contributed by atoms with van der Waals surface area (Å²) in [5, 5.41) is 12.5. The zero-order valence-corrected chi connectivity index (χ0v) is 9.88. The first-order valence-corrected chi connectivity index (χ1v) is 5.33. The number of nitrogens with zero attached hydrogens (tertiary/aromatic N) is 3. The third-order valence-electron chi connectivity index (χ3n) is 1.68. The Morgan fingerprint density at radius 2 is 2.27 bits per heavy atom. The van der Waals surface area contributed by atoms with Gasteiger partial charge in [-0.3, -0.25) is 0 Å². The zero-order chi connectivity index (χ0) is 11.1. The molecule has 0 fully saturated rings. The maximum atomic E-state index is 8.82. The van der Waals surface area contributed by atoms with E-state index in [4.69, 9.17) is 9.94 Å². The van der Waals surface area contributed by atoms with E-state index in [1.165, 1.54) is 6.21 Å². The molecule has 0 radical (unpaired) electrons. The van der Waals surface area contributed by atoms with Crippen molar-refractivity contribution < 1.29 is 9.94 Å². The minimum absolute atomic E-state index is 0.0466. The maximum Gasteiger partial charge on any atom is 0.173 e. The molecule has 0 saturated carbocycles. The van der Waals surface area contributed by atoms with Crippen molar-refractivity contribution in [1.29, 1.82) is 0 Å². The summed E-state index contributed by atoms with van der Waals surface area (Å²) in [4.78, 5) is 13.0. The molecule has 0 aromatic carbocycles. The van der Waals surface area contributed by atoms with Crippen LogP contribution in [0.2, 0.25) is 0 Å². The highest BCUT2D eigenvalue weighted by Crippen LogP contribution is 2.03. The van der Waals surface area contributed by atoms with E-state index >= 15 is 0 Å². The monoisotopic (exact) mass is 273 g/mol. The maximum absolute atomic E-state index is 8.82. The van der Waals surface area contributed by atoms with Gasteiger partial charge in [-0.05, 0) is 22.4 Å². The highest BCUT2D eigenvalue weighted by molar-refractivity contribution is 9.10. The van der Waals surface area contributed by atoms with Gasteiger partial charge in [0, 0.05) is 12.4 Å². The van der Waals surface area contributed by atoms with Crippen molar-refractivity contribution in [2.24, 2.45) is 5.16 Å². The van der Waals surface area contributed by atoms with Crippen LogP contribution in [0.4, 0.5) is 0 Å². The first-order valence-electron chi connectivity index (χ1n) is 4.53. The number of aliphatic hydroxyl groups is 1. The molecule has 1 unspecified atom stereocenters. The van der Waals surface area contributed by atoms with Crippen molar-refractivity contribution in [3.05, 3.63) is 22.7 Å². The molecule has 15 heavy (non-hydrogen) atoms. The lowest BCUT2D eigenvalue weighted by Gasteiger charge is -2.07. The van der Waals surface area contributed by atoms with Crippen LogP contribution in [0.1, 0.15) is 19.2 Å². The van der Waals surface area contributed by atoms with Gasteiger partial charge in [-0.1, -0.05) is 12.1 Å². The van der Waals surface area contributed by atoms with Crippen molar-refractivity contribution in [1.82, 2.24) is 9.97 Å². The van der Waals surface area contributed by atoms with Crippen LogP contribution in [0.3, 0.4) is 0 Å². The first-order chi connectivity index (χ1) is 7.26. The van der Waals surface area contributed by atoms with E-state index in [9.17, 15) is 0 Å². The molecule has 0 aliphatic rings. The number of hydrogen-bond acceptors (Lipinski definition) is 5. The Kier molecular flexibility index (Phi) is 5.20. The number of aromatic nitrogens is 2. The Bertz CT molecular complexity index is 312. The smallest absolute Gasteiger partial charge is 0.173 e. The first kappa shape index (κ1) is 12.1. The van der Waals surface area contributed by atoms with E-state index in [2.05, 4.69) is 31.1 Å². The number of hydrogen-bond donors (Lipinski definition) is 1. The molecule has 6 heteroatoms. The van der Waals surface area contributed by atoms with Gasteiger partial charge in [0.1, 0.15) is 12.3 Å². The average molecular weight is 274 g/mol. The van der Waals surface area contributed by atoms with Gasteiger partial charge in [-0.25, -0.2) is 9.97 Å². The molecule has 1 aromatic rings. The summed E-state index contributed by atoms with van der Waals surface area (Å²) in [6, 6.07) is 0. The molecule has 0 spiro atoms. The van der Waals surface area contributed by atoms with Gasteiger partial charge in [0.2, 0.25) is 0 Å². The van der Waals surface area contributed by atoms with E-state index in [0.717, 1.165) is 4.47 Å². The summed E-state index contributed by atoms with van der Waals surface area (Å²) in [7, 11) is 0. The second-order valence-corrected chi connectivity index (χ2v) is 3.73. The average Bonchev–Trinajstić information content (AvgIpc) is 2.27. The van der Waals surface area contributed by atoms with Crippen LogP contribution >= 0.6 is 15.9 Å². The summed E-state index contributed by atoms with van der Waals surface area (Å²) in [5.41, 5.74) is 0. The van der Waals surface area contributed by atoms with Gasteiger partial charge in [0.25, 0.3) is 0 Å². The highest BCUT2D eigenvalue weighted by atomic mass is 79.9. The molecular weight excluding hydrogens is 262 g/mol. The third-order valence-corrected chi connectivity index (χ3v) is 2.09. The summed E-state index contributed by atoms with van der Waals surface area (Å²) in [6.45, 7) is 1.86. The lowest BCUT2D eigenvalue weighted by Crippen LogP contribution is -2.13. The normalized spacial score (nSPS) is 13.0. The van der Waals surface area contributed by atoms with Crippen LogP contribution in [-0.2, 0) is 4.84 Å². The summed E-state index contributed by atoms with van der Waals surface area (Å²) < 4.78 is 0.808. The number of halogens is 1. The van der Waals surface area contributed by atoms with E-state index < -0.39 is 0 Å². The predicted molar refractivity (Wildman–Crippen MR) is 59.6 cm³/mol. The molecule has 0 aliphatic carbocycles. The Balaban J connectivity index is 2.47. The SMILES string of the molecule is CCC(CO)O/N=C/c1ncc(Br)cn1. The molecular formula is C9H12BrN3O2. The van der Waals surface area contributed by atoms with Crippen LogP contribution in [0, 0.1) is 0 Å². The van der Waals surface area contributed by atoms with Gasteiger partial charge in [0.05, 0.1) is 11.1 Å². The van der Waals surface area contributed by atoms with Crippen LogP contribution < -0.4 is 0 Å². The lowest BCUT2D eigenvalue weighted by atomic mass is 10.3. The number of aliphatic hydroxyl groups excluding tert-OH is 1. The second kappa shape index (κ2) is 6.47. The Labute approximate surface area is 96.3 Å². The van der Waals surface area contributed by atoms with Gasteiger partial charge >= 0.3 is 0 Å². The van der Waals surface area contributed by atoms with Crippen LogP contribution in [0.25, 0.3) is 0 Å². The van der Waals surface area contributed by atoms with E-state index in [1.807, 2.05) is 6.92 Å². The van der Waals surface area contributed by atoms with Gasteiger partial charge in [-0.2, -0.15) is 0 Å². The number of rotatable bonds is 5. The predicted octanol–water partition coefficient (Wildman–Crippen LogP) is 1.36. The fourth-order valence-corrected chi connectivity index (χ4v) is 0.994. The largest absolute Gasteiger partial charge is 0.392 e. The molecule has 1 rings (SSSR count). The molecule has 0 saturated heterocycles. The molecule has 1 heterocycles. The van der Waals surface area contributed by atoms with Gasteiger partial charge < -0.3 is 9.94 Å². The van der Waals surface area contributed by atoms with Crippen molar-refractivity contribution in [3.8, 4) is 0 Å². The molecule has 0 bridgehead atoms. The standard InChI is InChI=1S/C9H12BrN3O2/c1-2-8(6-14)15-13-5-9-11-3-7(10)4-12-9/h3-5,8,14H,2,6H2,1H3/b13-5+. The summed E-state index contributed by atoms with van der Waals surface area (Å²) in [6.07, 6.45) is 5.09. The van der Waals surface area contributed by atoms with Gasteiger partial charge in [-0.15, -0.1) is 0 Å². The second-order valence-electron chi connectivity index (χ2n) is 2.81. The van der Waals surface area contributed by atoms with E-state index in [1.54, 1.807) is 12.4 Å². The topological polar surface area (TPSA) is 67.6 Å². The molecule has 0 aliphatic heterocycles. The van der Waals surface area contributed by atoms with Crippen LogP contribution in [0.5, 0.6) is 0 Å². The fraction of sp³-hybridized carbons (Fsp3) is 0.444. The molecule has 0 amide bonds. The van der Waals surface area contributed by atoms with Crippen molar-refractivity contribution in [3.63, 3.8) is 0 Å². The minimum atomic E-state index is -0.267. The zero-order valence-electron chi connectivity index (χ0n) is 8.30. The molecule has 5 nitrogen and oxygen atoms in total. The molecule has 1 atom stereocenters. The van der Waals surface area contributed by atoms with E-state index in [0.29, 0.717) is 12.2 Å². The quantitative estimate of drug-likeness (QED) is 0.650. The Morgan fingerprint density at radius 1 is 1.60 bits per heavy atom. The van der Waals surface area contributed by atoms with Crippen LogP contribution in [-0.4, -0.2) is 34.0 Å². The van der Waals surface area contributed by atoms with Crippen molar-refractivity contribution in [2.45, 2.75) is 19.4 Å². The molecule has 1 N–H and O–H groups in total. The van der Waals surface area contributed by atoms with Gasteiger partial charge in [0.15, 0.2) is 5.82 Å². The summed E-state index contributed by atoms with van der Waals surface area (Å²) >= 11 is 3.23. The number of oxime groups is 1. The molecule has 82 valence electrons. The summed E-state index contributed by atoms with van der Waals surface area (Å²) in [5.74, 6) is 0.464. The highest BCUT2D eigenvalue weighted by Gasteiger charge is 2.02. The molecule has 1 aromatic heterocycles.